The van der Waals surface area contributed by atoms with Crippen molar-refractivity contribution < 1.29 is 9.90 Å². The largest absolute Gasteiger partial charge is 0.396 e. The molecule has 1 aromatic carbocycles. The van der Waals surface area contributed by atoms with Gasteiger partial charge in [0.25, 0.3) is 0 Å². The number of rotatable bonds is 3. The fourth-order valence-electron chi connectivity index (χ4n) is 2.92. The molecule has 1 atom stereocenters. The number of benzene rings is 1. The average Bonchev–Trinajstić information content (AvgIpc) is 2.44. The highest BCUT2D eigenvalue weighted by atomic mass is 16.3. The van der Waals surface area contributed by atoms with E-state index in [2.05, 4.69) is 6.07 Å². The molecule has 0 bridgehead atoms. The Bertz CT molecular complexity index is 504. The third kappa shape index (κ3) is 2.54. The van der Waals surface area contributed by atoms with Gasteiger partial charge < -0.3 is 5.11 Å². The monoisotopic (exact) mass is 257 g/mol. The summed E-state index contributed by atoms with van der Waals surface area (Å²) in [6.45, 7) is 0.0128. The minimum absolute atomic E-state index is 0.00981. The van der Waals surface area contributed by atoms with Gasteiger partial charge in [0.1, 0.15) is 5.41 Å². The lowest BCUT2D eigenvalue weighted by atomic mass is 9.69. The van der Waals surface area contributed by atoms with Gasteiger partial charge in [-0.25, -0.2) is 0 Å². The highest BCUT2D eigenvalue weighted by molar-refractivity contribution is 5.93. The van der Waals surface area contributed by atoms with Gasteiger partial charge in [-0.15, -0.1) is 0 Å². The number of aliphatic hydroxyl groups excluding tert-OH is 1. The Morgan fingerprint density at radius 1 is 1.26 bits per heavy atom. The summed E-state index contributed by atoms with van der Waals surface area (Å²) in [5.74, 6) is 0.00981. The number of hydrogen-bond acceptors (Lipinski definition) is 3. The highest BCUT2D eigenvalue weighted by Gasteiger charge is 2.41. The molecule has 0 aliphatic heterocycles. The first-order valence-electron chi connectivity index (χ1n) is 6.88. The summed E-state index contributed by atoms with van der Waals surface area (Å²) >= 11 is 0. The molecule has 0 saturated heterocycles. The summed E-state index contributed by atoms with van der Waals surface area (Å²) < 4.78 is 0. The van der Waals surface area contributed by atoms with Gasteiger partial charge in [0.2, 0.25) is 0 Å². The number of ketones is 1. The zero-order chi connectivity index (χ0) is 13.7. The van der Waals surface area contributed by atoms with Crippen LogP contribution in [0.25, 0.3) is 0 Å². The molecule has 0 spiro atoms. The summed E-state index contributed by atoms with van der Waals surface area (Å²) in [4.78, 5) is 12.5. The molecule has 0 saturated carbocycles. The smallest absolute Gasteiger partial charge is 0.157 e. The number of Topliss-reactive ketones (excluding diaryl/α,β-unsaturated/α-hetero) is 1. The Morgan fingerprint density at radius 3 is 2.74 bits per heavy atom. The summed E-state index contributed by atoms with van der Waals surface area (Å²) in [7, 11) is 0. The zero-order valence-corrected chi connectivity index (χ0v) is 11.1. The van der Waals surface area contributed by atoms with E-state index in [1.807, 2.05) is 24.3 Å². The van der Waals surface area contributed by atoms with Gasteiger partial charge in [0, 0.05) is 13.0 Å². The van der Waals surface area contributed by atoms with Gasteiger partial charge in [-0.1, -0.05) is 24.3 Å². The second kappa shape index (κ2) is 5.99. The van der Waals surface area contributed by atoms with Crippen molar-refractivity contribution in [3.05, 3.63) is 35.4 Å². The maximum absolute atomic E-state index is 12.5. The fraction of sp³-hybridized carbons (Fsp3) is 0.500. The van der Waals surface area contributed by atoms with E-state index in [1.165, 1.54) is 0 Å². The maximum Gasteiger partial charge on any atom is 0.157 e. The quantitative estimate of drug-likeness (QED) is 0.905. The molecule has 3 heteroatoms. The normalized spacial score (nSPS) is 23.1. The van der Waals surface area contributed by atoms with Crippen LogP contribution in [-0.2, 0) is 16.6 Å². The molecule has 1 aromatic rings. The lowest BCUT2D eigenvalue weighted by Gasteiger charge is -2.29. The number of aliphatic hydroxyl groups is 1. The molecule has 0 amide bonds. The van der Waals surface area contributed by atoms with Gasteiger partial charge in [-0.2, -0.15) is 5.26 Å². The number of hydrogen-bond donors (Lipinski definition) is 1. The standard InChI is InChI=1S/C16H19NO2/c17-12-16(10-5-11-18)14-8-3-1-6-13(14)7-2-4-9-15(16)19/h1,3,6,8,18H,2,4-5,7,9-11H2. The fourth-order valence-corrected chi connectivity index (χ4v) is 2.92. The van der Waals surface area contributed by atoms with Crippen LogP contribution in [0.1, 0.15) is 43.2 Å². The summed E-state index contributed by atoms with van der Waals surface area (Å²) in [5, 5.41) is 18.7. The summed E-state index contributed by atoms with van der Waals surface area (Å²) in [5.41, 5.74) is 0.908. The van der Waals surface area contributed by atoms with E-state index in [9.17, 15) is 10.1 Å². The third-order valence-electron chi connectivity index (χ3n) is 3.95. The second-order valence-electron chi connectivity index (χ2n) is 5.13. The average molecular weight is 257 g/mol. The first-order valence-corrected chi connectivity index (χ1v) is 6.88. The van der Waals surface area contributed by atoms with Gasteiger partial charge in [0.05, 0.1) is 6.07 Å². The minimum atomic E-state index is -1.06. The first kappa shape index (κ1) is 13.8. The molecule has 1 aliphatic rings. The van der Waals surface area contributed by atoms with E-state index in [0.717, 1.165) is 30.4 Å². The van der Waals surface area contributed by atoms with E-state index in [0.29, 0.717) is 19.3 Å². The van der Waals surface area contributed by atoms with Crippen molar-refractivity contribution >= 4 is 5.78 Å². The Labute approximate surface area is 113 Å². The Balaban J connectivity index is 2.53. The second-order valence-corrected chi connectivity index (χ2v) is 5.13. The number of nitrogens with zero attached hydrogens (tertiary/aromatic N) is 1. The predicted octanol–water partition coefficient (Wildman–Crippen LogP) is 2.52. The molecular formula is C16H19NO2. The molecule has 0 aromatic heterocycles. The van der Waals surface area contributed by atoms with E-state index in [1.54, 1.807) is 0 Å². The van der Waals surface area contributed by atoms with Crippen LogP contribution in [-0.4, -0.2) is 17.5 Å². The van der Waals surface area contributed by atoms with Crippen LogP contribution in [0.2, 0.25) is 0 Å². The van der Waals surface area contributed by atoms with E-state index in [4.69, 9.17) is 5.11 Å². The number of carbonyl (C=O) groups excluding carboxylic acids is 1. The number of aryl methyl sites for hydroxylation is 1. The molecule has 19 heavy (non-hydrogen) atoms. The molecule has 100 valence electrons. The Morgan fingerprint density at radius 2 is 2.00 bits per heavy atom. The SMILES string of the molecule is N#CC1(CCCO)C(=O)CCCCc2ccccc21. The number of fused-ring (bicyclic) bond motifs is 1. The summed E-state index contributed by atoms with van der Waals surface area (Å²) in [6.07, 6.45) is 4.11. The molecule has 0 fully saturated rings. The Hall–Kier alpha value is -1.66. The number of nitriles is 1. The van der Waals surface area contributed by atoms with Crippen LogP contribution >= 0.6 is 0 Å². The maximum atomic E-state index is 12.5. The third-order valence-corrected chi connectivity index (χ3v) is 3.95. The van der Waals surface area contributed by atoms with Gasteiger partial charge >= 0.3 is 0 Å². The van der Waals surface area contributed by atoms with E-state index >= 15 is 0 Å². The van der Waals surface area contributed by atoms with Crippen LogP contribution in [0.3, 0.4) is 0 Å². The number of carbonyl (C=O) groups is 1. The molecular weight excluding hydrogens is 238 g/mol. The van der Waals surface area contributed by atoms with Crippen LogP contribution in [0.5, 0.6) is 0 Å². The van der Waals surface area contributed by atoms with Crippen LogP contribution < -0.4 is 0 Å². The van der Waals surface area contributed by atoms with E-state index < -0.39 is 5.41 Å². The van der Waals surface area contributed by atoms with Gasteiger partial charge in [-0.3, -0.25) is 4.79 Å². The molecule has 2 rings (SSSR count). The van der Waals surface area contributed by atoms with Crippen molar-refractivity contribution in [1.82, 2.24) is 0 Å². The van der Waals surface area contributed by atoms with Crippen molar-refractivity contribution in [1.29, 1.82) is 5.26 Å². The Kier molecular flexibility index (Phi) is 4.34. The van der Waals surface area contributed by atoms with Crippen molar-refractivity contribution in [3.8, 4) is 6.07 Å². The van der Waals surface area contributed by atoms with Crippen molar-refractivity contribution in [2.24, 2.45) is 0 Å². The summed E-state index contributed by atoms with van der Waals surface area (Å²) in [6, 6.07) is 10.0. The zero-order valence-electron chi connectivity index (χ0n) is 11.1. The van der Waals surface area contributed by atoms with Crippen molar-refractivity contribution in [2.45, 2.75) is 43.9 Å². The predicted molar refractivity (Wildman–Crippen MR) is 72.6 cm³/mol. The lowest BCUT2D eigenvalue weighted by molar-refractivity contribution is -0.123. The molecule has 1 N–H and O–H groups in total. The van der Waals surface area contributed by atoms with E-state index in [-0.39, 0.29) is 12.4 Å². The first-order chi connectivity index (χ1) is 9.24. The highest BCUT2D eigenvalue weighted by Crippen LogP contribution is 2.36. The lowest BCUT2D eigenvalue weighted by Crippen LogP contribution is -2.36. The topological polar surface area (TPSA) is 61.1 Å². The van der Waals surface area contributed by atoms with Crippen LogP contribution in [0, 0.1) is 11.3 Å². The van der Waals surface area contributed by atoms with Crippen molar-refractivity contribution in [3.63, 3.8) is 0 Å². The molecule has 3 nitrogen and oxygen atoms in total. The van der Waals surface area contributed by atoms with Gasteiger partial charge in [0.15, 0.2) is 5.78 Å². The molecule has 1 aliphatic carbocycles. The van der Waals surface area contributed by atoms with Crippen molar-refractivity contribution in [2.75, 3.05) is 6.61 Å². The van der Waals surface area contributed by atoms with Crippen LogP contribution in [0.4, 0.5) is 0 Å². The molecule has 0 radical (unpaired) electrons. The molecule has 1 unspecified atom stereocenters. The van der Waals surface area contributed by atoms with Crippen LogP contribution in [0.15, 0.2) is 24.3 Å². The van der Waals surface area contributed by atoms with Gasteiger partial charge in [-0.05, 0) is 43.2 Å². The molecule has 0 heterocycles. The minimum Gasteiger partial charge on any atom is -0.396 e.